The lowest BCUT2D eigenvalue weighted by Crippen LogP contribution is -2.44. The minimum Gasteiger partial charge on any atom is -0.396 e. The van der Waals surface area contributed by atoms with Crippen molar-refractivity contribution in [2.75, 3.05) is 16.5 Å². The van der Waals surface area contributed by atoms with E-state index in [-0.39, 0.29) is 25.0 Å². The Bertz CT molecular complexity index is 1380. The lowest BCUT2D eigenvalue weighted by Gasteiger charge is -2.28. The molecule has 0 aliphatic carbocycles. The SMILES string of the molecule is C[C@H](/C=C/CCO)[C@@]1(O)C(=O)N(Cc2ccc(N3N=C(c4ccccc4)CCC3=O)cc2)c2ccccc21. The van der Waals surface area contributed by atoms with Crippen LogP contribution in [0.1, 0.15) is 42.9 Å². The van der Waals surface area contributed by atoms with Crippen molar-refractivity contribution in [3.8, 4) is 0 Å². The van der Waals surface area contributed by atoms with Gasteiger partial charge in [0.15, 0.2) is 5.60 Å². The molecule has 38 heavy (non-hydrogen) atoms. The van der Waals surface area contributed by atoms with Crippen molar-refractivity contribution in [3.63, 3.8) is 0 Å². The zero-order chi connectivity index (χ0) is 26.7. The van der Waals surface area contributed by atoms with Gasteiger partial charge in [0, 0.05) is 30.9 Å². The van der Waals surface area contributed by atoms with E-state index in [4.69, 9.17) is 5.11 Å². The Morgan fingerprint density at radius 2 is 1.68 bits per heavy atom. The average Bonchev–Trinajstić information content (AvgIpc) is 3.17. The van der Waals surface area contributed by atoms with E-state index >= 15 is 0 Å². The van der Waals surface area contributed by atoms with Crippen molar-refractivity contribution in [2.45, 2.75) is 38.3 Å². The molecule has 2 aliphatic rings. The molecule has 2 heterocycles. The maximum atomic E-state index is 13.6. The van der Waals surface area contributed by atoms with Crippen LogP contribution in [0.4, 0.5) is 11.4 Å². The Morgan fingerprint density at radius 1 is 0.974 bits per heavy atom. The van der Waals surface area contributed by atoms with Crippen LogP contribution < -0.4 is 9.91 Å². The van der Waals surface area contributed by atoms with Gasteiger partial charge < -0.3 is 15.1 Å². The number of nitrogens with zero attached hydrogens (tertiary/aromatic N) is 3. The van der Waals surface area contributed by atoms with Gasteiger partial charge in [-0.15, -0.1) is 0 Å². The van der Waals surface area contributed by atoms with E-state index in [2.05, 4.69) is 5.10 Å². The van der Waals surface area contributed by atoms with Crippen molar-refractivity contribution < 1.29 is 19.8 Å². The number of anilines is 2. The fourth-order valence-electron chi connectivity index (χ4n) is 5.09. The summed E-state index contributed by atoms with van der Waals surface area (Å²) in [5, 5.41) is 26.8. The van der Waals surface area contributed by atoms with E-state index in [1.54, 1.807) is 30.0 Å². The van der Waals surface area contributed by atoms with Crippen LogP contribution in [0.5, 0.6) is 0 Å². The molecule has 194 valence electrons. The van der Waals surface area contributed by atoms with Crippen molar-refractivity contribution in [1.29, 1.82) is 0 Å². The molecular formula is C31H31N3O4. The van der Waals surface area contributed by atoms with E-state index < -0.39 is 11.5 Å². The van der Waals surface area contributed by atoms with Gasteiger partial charge in [-0.2, -0.15) is 5.10 Å². The number of para-hydroxylation sites is 1. The first-order valence-electron chi connectivity index (χ1n) is 12.9. The van der Waals surface area contributed by atoms with Gasteiger partial charge in [0.2, 0.25) is 5.91 Å². The summed E-state index contributed by atoms with van der Waals surface area (Å²) in [6.07, 6.45) is 5.02. The number of hydrogen-bond acceptors (Lipinski definition) is 5. The van der Waals surface area contributed by atoms with Gasteiger partial charge in [0.25, 0.3) is 5.91 Å². The Morgan fingerprint density at radius 3 is 2.42 bits per heavy atom. The molecule has 7 heteroatoms. The molecule has 0 saturated carbocycles. The largest absolute Gasteiger partial charge is 0.396 e. The van der Waals surface area contributed by atoms with E-state index in [9.17, 15) is 14.7 Å². The molecule has 2 amide bonds. The predicted octanol–water partition coefficient (Wildman–Crippen LogP) is 4.53. The maximum absolute atomic E-state index is 13.6. The third-order valence-electron chi connectivity index (χ3n) is 7.22. The molecule has 3 aromatic carbocycles. The Kier molecular flexibility index (Phi) is 7.22. The van der Waals surface area contributed by atoms with Crippen LogP contribution in [0, 0.1) is 5.92 Å². The zero-order valence-electron chi connectivity index (χ0n) is 21.3. The molecule has 7 nitrogen and oxygen atoms in total. The highest BCUT2D eigenvalue weighted by Crippen LogP contribution is 2.45. The number of rotatable bonds is 8. The number of fused-ring (bicyclic) bond motifs is 1. The van der Waals surface area contributed by atoms with Crippen LogP contribution in [-0.2, 0) is 21.7 Å². The summed E-state index contributed by atoms with van der Waals surface area (Å²) in [5.74, 6) is -0.918. The second-order valence-corrected chi connectivity index (χ2v) is 9.69. The van der Waals surface area contributed by atoms with Crippen molar-refractivity contribution in [2.24, 2.45) is 11.0 Å². The van der Waals surface area contributed by atoms with Crippen LogP contribution in [0.15, 0.2) is 96.1 Å². The van der Waals surface area contributed by atoms with Crippen LogP contribution in [0.3, 0.4) is 0 Å². The molecular weight excluding hydrogens is 478 g/mol. The third-order valence-corrected chi connectivity index (χ3v) is 7.22. The molecule has 0 unspecified atom stereocenters. The molecule has 2 N–H and O–H groups in total. The van der Waals surface area contributed by atoms with Gasteiger partial charge in [-0.3, -0.25) is 9.59 Å². The molecule has 0 fully saturated rings. The fourth-order valence-corrected chi connectivity index (χ4v) is 5.09. The molecule has 0 radical (unpaired) electrons. The number of aliphatic hydroxyl groups is 2. The summed E-state index contributed by atoms with van der Waals surface area (Å²) in [4.78, 5) is 27.9. The first-order chi connectivity index (χ1) is 18.4. The van der Waals surface area contributed by atoms with Gasteiger partial charge in [-0.05, 0) is 35.7 Å². The highest BCUT2D eigenvalue weighted by molar-refractivity contribution is 6.09. The number of amides is 2. The highest BCUT2D eigenvalue weighted by Gasteiger charge is 2.52. The Labute approximate surface area is 222 Å². The normalized spacial score (nSPS) is 20.1. The van der Waals surface area contributed by atoms with Crippen LogP contribution in [0.2, 0.25) is 0 Å². The predicted molar refractivity (Wildman–Crippen MR) is 148 cm³/mol. The molecule has 0 spiro atoms. The van der Waals surface area contributed by atoms with E-state index in [0.29, 0.717) is 36.2 Å². The van der Waals surface area contributed by atoms with Crippen molar-refractivity contribution in [3.05, 3.63) is 108 Å². The van der Waals surface area contributed by atoms with E-state index in [0.717, 1.165) is 16.8 Å². The lowest BCUT2D eigenvalue weighted by atomic mass is 9.83. The quantitative estimate of drug-likeness (QED) is 0.437. The van der Waals surface area contributed by atoms with Gasteiger partial charge in [-0.25, -0.2) is 5.01 Å². The topological polar surface area (TPSA) is 93.4 Å². The summed E-state index contributed by atoms with van der Waals surface area (Å²) < 4.78 is 0. The van der Waals surface area contributed by atoms with Gasteiger partial charge in [0.1, 0.15) is 0 Å². The first kappa shape index (κ1) is 25.6. The number of aliphatic hydroxyl groups excluding tert-OH is 1. The molecule has 2 atom stereocenters. The van der Waals surface area contributed by atoms with Gasteiger partial charge in [0.05, 0.1) is 23.6 Å². The number of carbonyl (C=O) groups is 2. The second kappa shape index (κ2) is 10.7. The molecule has 3 aromatic rings. The first-order valence-corrected chi connectivity index (χ1v) is 12.9. The summed E-state index contributed by atoms with van der Waals surface area (Å²) in [5.41, 5.74) is 2.96. The standard InChI is InChI=1S/C31H31N3O4/c1-22(9-7-8-20-35)31(38)26-12-5-6-13-28(26)33(30(31)37)21-23-14-16-25(17-15-23)34-29(36)19-18-27(32-34)24-10-3-2-4-11-24/h2-7,9-17,22,35,38H,8,18-21H2,1H3/b9-7+/t22-,31+/m1/s1. The van der Waals surface area contributed by atoms with Gasteiger partial charge in [-0.1, -0.05) is 79.7 Å². The monoisotopic (exact) mass is 509 g/mol. The maximum Gasteiger partial charge on any atom is 0.264 e. The average molecular weight is 510 g/mol. The Hall–Kier alpha value is -4.07. The summed E-state index contributed by atoms with van der Waals surface area (Å²) in [7, 11) is 0. The summed E-state index contributed by atoms with van der Waals surface area (Å²) in [6, 6.07) is 24.6. The van der Waals surface area contributed by atoms with Gasteiger partial charge >= 0.3 is 0 Å². The fraction of sp³-hybridized carbons (Fsp3) is 0.258. The lowest BCUT2D eigenvalue weighted by molar-refractivity contribution is -0.139. The van der Waals surface area contributed by atoms with Crippen LogP contribution in [0.25, 0.3) is 0 Å². The summed E-state index contributed by atoms with van der Waals surface area (Å²) in [6.45, 7) is 2.09. The molecule has 0 saturated heterocycles. The third kappa shape index (κ3) is 4.66. The zero-order valence-corrected chi connectivity index (χ0v) is 21.3. The number of benzene rings is 3. The summed E-state index contributed by atoms with van der Waals surface area (Å²) >= 11 is 0. The minimum atomic E-state index is -1.69. The van der Waals surface area contributed by atoms with E-state index in [1.807, 2.05) is 72.8 Å². The van der Waals surface area contributed by atoms with Crippen LogP contribution >= 0.6 is 0 Å². The van der Waals surface area contributed by atoms with E-state index in [1.165, 1.54) is 5.01 Å². The molecule has 0 aromatic heterocycles. The molecule has 5 rings (SSSR count). The minimum absolute atomic E-state index is 0.0101. The molecule has 2 aliphatic heterocycles. The van der Waals surface area contributed by atoms with Crippen molar-refractivity contribution >= 4 is 28.9 Å². The molecule has 0 bridgehead atoms. The smallest absolute Gasteiger partial charge is 0.264 e. The second-order valence-electron chi connectivity index (χ2n) is 9.69. The van der Waals surface area contributed by atoms with Crippen LogP contribution in [-0.4, -0.2) is 34.3 Å². The number of hydrazone groups is 1. The highest BCUT2D eigenvalue weighted by atomic mass is 16.3. The number of carbonyl (C=O) groups excluding carboxylic acids is 2. The number of hydrogen-bond donors (Lipinski definition) is 2. The van der Waals surface area contributed by atoms with Crippen molar-refractivity contribution in [1.82, 2.24) is 0 Å². The Balaban J connectivity index is 1.38.